The van der Waals surface area contributed by atoms with Crippen molar-refractivity contribution in [3.8, 4) is 17.2 Å². The fourth-order valence-corrected chi connectivity index (χ4v) is 2.54. The van der Waals surface area contributed by atoms with Gasteiger partial charge in [0.2, 0.25) is 0 Å². The number of amides is 1. The minimum absolute atomic E-state index is 0.223. The summed E-state index contributed by atoms with van der Waals surface area (Å²) in [5.41, 5.74) is 10.4. The molecule has 3 aromatic carbocycles. The molecule has 0 bridgehead atoms. The summed E-state index contributed by atoms with van der Waals surface area (Å²) in [6.07, 6.45) is 0. The highest BCUT2D eigenvalue weighted by atomic mass is 16.1. The summed E-state index contributed by atoms with van der Waals surface area (Å²) in [7, 11) is 0. The Morgan fingerprint density at radius 1 is 0.960 bits per heavy atom. The van der Waals surface area contributed by atoms with Crippen LogP contribution in [-0.4, -0.2) is 5.91 Å². The van der Waals surface area contributed by atoms with E-state index in [1.807, 2.05) is 48.5 Å². The van der Waals surface area contributed by atoms with Crippen LogP contribution in [0.15, 0.2) is 72.8 Å². The van der Waals surface area contributed by atoms with E-state index in [0.717, 1.165) is 16.7 Å². The minimum atomic E-state index is -0.223. The van der Waals surface area contributed by atoms with Crippen molar-refractivity contribution in [2.24, 2.45) is 0 Å². The van der Waals surface area contributed by atoms with Crippen LogP contribution in [0.3, 0.4) is 0 Å². The van der Waals surface area contributed by atoms with Crippen molar-refractivity contribution in [1.82, 2.24) is 5.32 Å². The van der Waals surface area contributed by atoms with E-state index in [9.17, 15) is 4.79 Å². The monoisotopic (exact) mass is 327 g/mol. The third-order valence-corrected chi connectivity index (χ3v) is 3.94. The Hall–Kier alpha value is -3.58. The van der Waals surface area contributed by atoms with Gasteiger partial charge in [0.05, 0.1) is 17.2 Å². The molecule has 0 aliphatic carbocycles. The van der Waals surface area contributed by atoms with E-state index in [2.05, 4.69) is 11.4 Å². The average molecular weight is 327 g/mol. The number of nitrogens with zero attached hydrogens (tertiary/aromatic N) is 1. The van der Waals surface area contributed by atoms with Crippen LogP contribution in [-0.2, 0) is 6.54 Å². The molecule has 0 atom stereocenters. The zero-order chi connectivity index (χ0) is 17.6. The van der Waals surface area contributed by atoms with Crippen molar-refractivity contribution in [1.29, 1.82) is 5.26 Å². The van der Waals surface area contributed by atoms with E-state index >= 15 is 0 Å². The van der Waals surface area contributed by atoms with Crippen molar-refractivity contribution in [3.63, 3.8) is 0 Å². The Bertz CT molecular complexity index is 926. The van der Waals surface area contributed by atoms with Gasteiger partial charge in [-0.05, 0) is 41.0 Å². The first kappa shape index (κ1) is 16.3. The Morgan fingerprint density at radius 2 is 1.68 bits per heavy atom. The van der Waals surface area contributed by atoms with Crippen LogP contribution in [0.5, 0.6) is 0 Å². The van der Waals surface area contributed by atoms with Crippen LogP contribution in [0.25, 0.3) is 11.1 Å². The second-order valence-corrected chi connectivity index (χ2v) is 5.66. The number of nitrogens with two attached hydrogens (primary N) is 1. The Labute approximate surface area is 146 Å². The molecule has 0 radical (unpaired) electrons. The van der Waals surface area contributed by atoms with Gasteiger partial charge in [0.15, 0.2) is 0 Å². The number of anilines is 1. The standard InChI is InChI=1S/C21H17N3O/c22-13-15-6-8-16(9-7-15)14-24-21(25)19-12-18(10-11-20(19)23)17-4-2-1-3-5-17/h1-12H,14,23H2,(H,24,25). The summed E-state index contributed by atoms with van der Waals surface area (Å²) in [5, 5.41) is 11.7. The number of rotatable bonds is 4. The summed E-state index contributed by atoms with van der Waals surface area (Å²) in [6.45, 7) is 0.375. The lowest BCUT2D eigenvalue weighted by Crippen LogP contribution is -2.23. The fraction of sp³-hybridized carbons (Fsp3) is 0.0476. The highest BCUT2D eigenvalue weighted by Crippen LogP contribution is 2.23. The van der Waals surface area contributed by atoms with Crippen LogP contribution in [0.4, 0.5) is 5.69 Å². The number of hydrogen-bond acceptors (Lipinski definition) is 3. The maximum absolute atomic E-state index is 12.5. The lowest BCUT2D eigenvalue weighted by Gasteiger charge is -2.10. The second kappa shape index (κ2) is 7.33. The lowest BCUT2D eigenvalue weighted by atomic mass is 10.0. The zero-order valence-electron chi connectivity index (χ0n) is 13.6. The SMILES string of the molecule is N#Cc1ccc(CNC(=O)c2cc(-c3ccccc3)ccc2N)cc1. The number of nitrogen functional groups attached to an aromatic ring is 1. The highest BCUT2D eigenvalue weighted by molar-refractivity contribution is 6.00. The molecule has 0 aliphatic rings. The quantitative estimate of drug-likeness (QED) is 0.717. The molecular weight excluding hydrogens is 310 g/mol. The molecule has 122 valence electrons. The summed E-state index contributed by atoms with van der Waals surface area (Å²) in [5.74, 6) is -0.223. The summed E-state index contributed by atoms with van der Waals surface area (Å²) in [6, 6.07) is 24.5. The van der Waals surface area contributed by atoms with Crippen molar-refractivity contribution >= 4 is 11.6 Å². The van der Waals surface area contributed by atoms with E-state index in [1.165, 1.54) is 0 Å². The van der Waals surface area contributed by atoms with Gasteiger partial charge >= 0.3 is 0 Å². The van der Waals surface area contributed by atoms with E-state index in [4.69, 9.17) is 11.0 Å². The zero-order valence-corrected chi connectivity index (χ0v) is 13.6. The van der Waals surface area contributed by atoms with Crippen LogP contribution in [0, 0.1) is 11.3 Å². The maximum Gasteiger partial charge on any atom is 0.253 e. The third kappa shape index (κ3) is 3.85. The maximum atomic E-state index is 12.5. The van der Waals surface area contributed by atoms with E-state index in [1.54, 1.807) is 24.3 Å². The molecule has 3 N–H and O–H groups in total. The van der Waals surface area contributed by atoms with Gasteiger partial charge < -0.3 is 11.1 Å². The van der Waals surface area contributed by atoms with Gasteiger partial charge in [0.1, 0.15) is 0 Å². The van der Waals surface area contributed by atoms with Gasteiger partial charge in [0.25, 0.3) is 5.91 Å². The molecular formula is C21H17N3O. The van der Waals surface area contributed by atoms with Crippen molar-refractivity contribution < 1.29 is 4.79 Å². The van der Waals surface area contributed by atoms with Gasteiger partial charge in [-0.25, -0.2) is 0 Å². The number of benzene rings is 3. The Morgan fingerprint density at radius 3 is 2.36 bits per heavy atom. The molecule has 4 heteroatoms. The van der Waals surface area contributed by atoms with Gasteiger partial charge in [-0.3, -0.25) is 4.79 Å². The lowest BCUT2D eigenvalue weighted by molar-refractivity contribution is 0.0952. The van der Waals surface area contributed by atoms with Crippen molar-refractivity contribution in [3.05, 3.63) is 89.5 Å². The van der Waals surface area contributed by atoms with Gasteiger partial charge in [0, 0.05) is 12.2 Å². The molecule has 0 aromatic heterocycles. The number of nitrogens with one attached hydrogen (secondary N) is 1. The van der Waals surface area contributed by atoms with Crippen molar-refractivity contribution in [2.75, 3.05) is 5.73 Å². The van der Waals surface area contributed by atoms with E-state index in [0.29, 0.717) is 23.4 Å². The molecule has 1 amide bonds. The van der Waals surface area contributed by atoms with Crippen molar-refractivity contribution in [2.45, 2.75) is 6.54 Å². The van der Waals surface area contributed by atoms with Gasteiger partial charge in [-0.2, -0.15) is 5.26 Å². The van der Waals surface area contributed by atoms with Crippen LogP contribution in [0.2, 0.25) is 0 Å². The number of nitriles is 1. The Balaban J connectivity index is 1.76. The number of carbonyl (C=O) groups is 1. The van der Waals surface area contributed by atoms with Crippen LogP contribution in [0.1, 0.15) is 21.5 Å². The first-order chi connectivity index (χ1) is 12.2. The smallest absolute Gasteiger partial charge is 0.253 e. The van der Waals surface area contributed by atoms with E-state index < -0.39 is 0 Å². The third-order valence-electron chi connectivity index (χ3n) is 3.94. The van der Waals surface area contributed by atoms with Gasteiger partial charge in [-0.15, -0.1) is 0 Å². The summed E-state index contributed by atoms with van der Waals surface area (Å²) >= 11 is 0. The molecule has 0 saturated heterocycles. The largest absolute Gasteiger partial charge is 0.398 e. The molecule has 3 aromatic rings. The topological polar surface area (TPSA) is 78.9 Å². The summed E-state index contributed by atoms with van der Waals surface area (Å²) in [4.78, 5) is 12.5. The highest BCUT2D eigenvalue weighted by Gasteiger charge is 2.11. The normalized spacial score (nSPS) is 10.0. The van der Waals surface area contributed by atoms with Crippen LogP contribution < -0.4 is 11.1 Å². The average Bonchev–Trinajstić information content (AvgIpc) is 2.67. The fourth-order valence-electron chi connectivity index (χ4n) is 2.54. The molecule has 4 nitrogen and oxygen atoms in total. The van der Waals surface area contributed by atoms with E-state index in [-0.39, 0.29) is 5.91 Å². The predicted octanol–water partition coefficient (Wildman–Crippen LogP) is 3.74. The Kier molecular flexibility index (Phi) is 4.77. The molecule has 0 unspecified atom stereocenters. The first-order valence-electron chi connectivity index (χ1n) is 7.89. The number of hydrogen-bond donors (Lipinski definition) is 2. The number of carbonyl (C=O) groups excluding carboxylic acids is 1. The molecule has 0 spiro atoms. The molecule has 3 rings (SSSR count). The predicted molar refractivity (Wildman–Crippen MR) is 98.6 cm³/mol. The molecule has 0 saturated carbocycles. The minimum Gasteiger partial charge on any atom is -0.398 e. The second-order valence-electron chi connectivity index (χ2n) is 5.66. The molecule has 25 heavy (non-hydrogen) atoms. The molecule has 0 heterocycles. The molecule has 0 aliphatic heterocycles. The van der Waals surface area contributed by atoms with Crippen LogP contribution >= 0.6 is 0 Å². The summed E-state index contributed by atoms with van der Waals surface area (Å²) < 4.78 is 0. The van der Waals surface area contributed by atoms with Gasteiger partial charge in [-0.1, -0.05) is 48.5 Å². The first-order valence-corrected chi connectivity index (χ1v) is 7.89. The molecule has 0 fully saturated rings.